The van der Waals surface area contributed by atoms with Crippen LogP contribution in [-0.4, -0.2) is 24.3 Å². The van der Waals surface area contributed by atoms with E-state index >= 15 is 0 Å². The molecule has 0 unspecified atom stereocenters. The molecule has 0 aliphatic carbocycles. The second-order valence-corrected chi connectivity index (χ2v) is 1.64. The second kappa shape index (κ2) is 9.17. The van der Waals surface area contributed by atoms with Gasteiger partial charge in [-0.2, -0.15) is 0 Å². The Hall–Kier alpha value is -0.830. The van der Waals surface area contributed by atoms with Crippen LogP contribution in [0.5, 0.6) is 0 Å². The van der Waals surface area contributed by atoms with Crippen molar-refractivity contribution in [2.75, 3.05) is 13.2 Å². The van der Waals surface area contributed by atoms with E-state index in [1.54, 1.807) is 6.92 Å². The van der Waals surface area contributed by atoms with E-state index < -0.39 is 5.97 Å². The van der Waals surface area contributed by atoms with E-state index in [-0.39, 0.29) is 13.2 Å². The first-order chi connectivity index (χ1) is 5.18. The molecule has 1 N–H and O–H groups in total. The second-order valence-electron chi connectivity index (χ2n) is 1.64. The van der Waals surface area contributed by atoms with Crippen LogP contribution in [0.4, 0.5) is 0 Å². The standard InChI is InChI=1S/C6H10O3.C2H6/c1-5(2)6(8)9-4-3-7;1-2/h7H,1,3-4H2,2H3;1-2H3. The zero-order chi connectivity index (χ0) is 9.28. The van der Waals surface area contributed by atoms with E-state index in [4.69, 9.17) is 5.11 Å². The summed E-state index contributed by atoms with van der Waals surface area (Å²) >= 11 is 0. The fraction of sp³-hybridized carbons (Fsp3) is 0.625. The van der Waals surface area contributed by atoms with Crippen molar-refractivity contribution in [1.29, 1.82) is 0 Å². The number of hydrogen-bond donors (Lipinski definition) is 1. The van der Waals surface area contributed by atoms with Gasteiger partial charge in [-0.3, -0.25) is 0 Å². The van der Waals surface area contributed by atoms with Gasteiger partial charge in [0.25, 0.3) is 0 Å². The predicted molar refractivity (Wildman–Crippen MR) is 44.2 cm³/mol. The molecule has 0 aliphatic heterocycles. The molecular formula is C8H16O3. The number of carbonyl (C=O) groups is 1. The maximum Gasteiger partial charge on any atom is 0.333 e. The molecule has 11 heavy (non-hydrogen) atoms. The van der Waals surface area contributed by atoms with E-state index in [0.29, 0.717) is 5.57 Å². The van der Waals surface area contributed by atoms with Crippen LogP contribution in [0.25, 0.3) is 0 Å². The van der Waals surface area contributed by atoms with Crippen molar-refractivity contribution >= 4 is 5.97 Å². The molecule has 0 amide bonds. The highest BCUT2D eigenvalue weighted by Gasteiger charge is 1.99. The van der Waals surface area contributed by atoms with Crippen molar-refractivity contribution in [2.45, 2.75) is 20.8 Å². The highest BCUT2D eigenvalue weighted by Crippen LogP contribution is 1.89. The molecule has 0 aromatic rings. The van der Waals surface area contributed by atoms with Crippen LogP contribution in [0.2, 0.25) is 0 Å². The molecule has 0 aromatic heterocycles. The minimum absolute atomic E-state index is 0.0473. The zero-order valence-electron chi connectivity index (χ0n) is 7.39. The molecule has 0 fully saturated rings. The van der Waals surface area contributed by atoms with Crippen LogP contribution in [-0.2, 0) is 9.53 Å². The molecule has 0 atom stereocenters. The zero-order valence-corrected chi connectivity index (χ0v) is 7.39. The van der Waals surface area contributed by atoms with Crippen LogP contribution in [0.1, 0.15) is 20.8 Å². The summed E-state index contributed by atoms with van der Waals surface area (Å²) in [7, 11) is 0. The number of aliphatic hydroxyl groups is 1. The van der Waals surface area contributed by atoms with Crippen molar-refractivity contribution in [1.82, 2.24) is 0 Å². The monoisotopic (exact) mass is 160 g/mol. The fourth-order valence-electron chi connectivity index (χ4n) is 0.262. The Bertz CT molecular complexity index is 119. The number of rotatable bonds is 3. The summed E-state index contributed by atoms with van der Waals surface area (Å²) in [6.07, 6.45) is 0. The van der Waals surface area contributed by atoms with Gasteiger partial charge in [-0.1, -0.05) is 20.4 Å². The van der Waals surface area contributed by atoms with E-state index in [1.807, 2.05) is 13.8 Å². The maximum atomic E-state index is 10.5. The predicted octanol–water partition coefficient (Wildman–Crippen LogP) is 1.12. The number of aliphatic hydroxyl groups excluding tert-OH is 1. The summed E-state index contributed by atoms with van der Waals surface area (Å²) in [5.74, 6) is -0.455. The largest absolute Gasteiger partial charge is 0.460 e. The summed E-state index contributed by atoms with van der Waals surface area (Å²) in [5.41, 5.74) is 0.350. The quantitative estimate of drug-likeness (QED) is 0.497. The normalized spacial score (nSPS) is 7.64. The molecule has 0 aliphatic rings. The van der Waals surface area contributed by atoms with Crippen LogP contribution in [0.15, 0.2) is 12.2 Å². The molecule has 3 nitrogen and oxygen atoms in total. The third kappa shape index (κ3) is 9.17. The molecule has 3 heteroatoms. The van der Waals surface area contributed by atoms with Crippen LogP contribution < -0.4 is 0 Å². The average molecular weight is 160 g/mol. The third-order valence-electron chi connectivity index (χ3n) is 0.673. The van der Waals surface area contributed by atoms with Crippen molar-refractivity contribution < 1.29 is 14.6 Å². The van der Waals surface area contributed by atoms with Crippen molar-refractivity contribution in [3.05, 3.63) is 12.2 Å². The SMILES string of the molecule is C=C(C)C(=O)OCCO.CC. The van der Waals surface area contributed by atoms with Crippen molar-refractivity contribution in [2.24, 2.45) is 0 Å². The van der Waals surface area contributed by atoms with E-state index in [0.717, 1.165) is 0 Å². The van der Waals surface area contributed by atoms with Crippen LogP contribution >= 0.6 is 0 Å². The molecular weight excluding hydrogens is 144 g/mol. The Labute approximate surface area is 67.7 Å². The molecule has 0 heterocycles. The summed E-state index contributed by atoms with van der Waals surface area (Å²) in [4.78, 5) is 10.5. The number of esters is 1. The highest BCUT2D eigenvalue weighted by molar-refractivity contribution is 5.86. The van der Waals surface area contributed by atoms with Crippen LogP contribution in [0, 0.1) is 0 Å². The molecule has 0 saturated carbocycles. The fourth-order valence-corrected chi connectivity index (χ4v) is 0.262. The highest BCUT2D eigenvalue weighted by atomic mass is 16.5. The minimum Gasteiger partial charge on any atom is -0.460 e. The Morgan fingerprint density at radius 2 is 2.00 bits per heavy atom. The average Bonchev–Trinajstić information content (AvgIpc) is 2.03. The van der Waals surface area contributed by atoms with E-state index in [2.05, 4.69) is 11.3 Å². The number of hydrogen-bond acceptors (Lipinski definition) is 3. The first-order valence-electron chi connectivity index (χ1n) is 3.62. The summed E-state index contributed by atoms with van der Waals surface area (Å²) in [6, 6.07) is 0. The smallest absolute Gasteiger partial charge is 0.333 e. The van der Waals surface area contributed by atoms with Gasteiger partial charge in [0, 0.05) is 5.57 Å². The molecule has 0 saturated heterocycles. The Kier molecular flexibility index (Phi) is 10.7. The van der Waals surface area contributed by atoms with Gasteiger partial charge < -0.3 is 9.84 Å². The molecule has 66 valence electrons. The lowest BCUT2D eigenvalue weighted by molar-refractivity contribution is -0.139. The summed E-state index contributed by atoms with van der Waals surface area (Å²) in [5, 5.41) is 8.19. The van der Waals surface area contributed by atoms with Crippen molar-refractivity contribution in [3.8, 4) is 0 Å². The molecule has 0 aromatic carbocycles. The van der Waals surface area contributed by atoms with Gasteiger partial charge in [0.15, 0.2) is 0 Å². The number of ether oxygens (including phenoxy) is 1. The molecule has 0 spiro atoms. The lowest BCUT2D eigenvalue weighted by atomic mass is 10.4. The van der Waals surface area contributed by atoms with Crippen LogP contribution in [0.3, 0.4) is 0 Å². The first kappa shape index (κ1) is 12.8. The Morgan fingerprint density at radius 1 is 1.55 bits per heavy atom. The van der Waals surface area contributed by atoms with Gasteiger partial charge in [-0.15, -0.1) is 0 Å². The lowest BCUT2D eigenvalue weighted by Gasteiger charge is -1.99. The van der Waals surface area contributed by atoms with Gasteiger partial charge in [0.1, 0.15) is 6.61 Å². The molecule has 0 radical (unpaired) electrons. The Balaban J connectivity index is 0. The van der Waals surface area contributed by atoms with Gasteiger partial charge in [-0.25, -0.2) is 4.79 Å². The van der Waals surface area contributed by atoms with Gasteiger partial charge in [-0.05, 0) is 6.92 Å². The molecule has 0 bridgehead atoms. The Morgan fingerprint density at radius 3 is 2.27 bits per heavy atom. The molecule has 0 rings (SSSR count). The van der Waals surface area contributed by atoms with E-state index in [1.165, 1.54) is 0 Å². The first-order valence-corrected chi connectivity index (χ1v) is 3.62. The summed E-state index contributed by atoms with van der Waals surface area (Å²) in [6.45, 7) is 8.81. The topological polar surface area (TPSA) is 46.5 Å². The lowest BCUT2D eigenvalue weighted by Crippen LogP contribution is -2.08. The summed E-state index contributed by atoms with van der Waals surface area (Å²) < 4.78 is 4.46. The van der Waals surface area contributed by atoms with E-state index in [9.17, 15) is 4.79 Å². The number of carbonyl (C=O) groups excluding carboxylic acids is 1. The minimum atomic E-state index is -0.455. The van der Waals surface area contributed by atoms with Gasteiger partial charge in [0.05, 0.1) is 6.61 Å². The maximum absolute atomic E-state index is 10.5. The van der Waals surface area contributed by atoms with Gasteiger partial charge >= 0.3 is 5.97 Å². The van der Waals surface area contributed by atoms with Crippen molar-refractivity contribution in [3.63, 3.8) is 0 Å². The third-order valence-corrected chi connectivity index (χ3v) is 0.673. The van der Waals surface area contributed by atoms with Gasteiger partial charge in [0.2, 0.25) is 0 Å².